The van der Waals surface area contributed by atoms with E-state index in [1.807, 2.05) is 0 Å². The zero-order valence-corrected chi connectivity index (χ0v) is 17.6. The van der Waals surface area contributed by atoms with E-state index in [1.54, 1.807) is 0 Å². The second-order valence-corrected chi connectivity index (χ2v) is 11.3. The molecule has 0 aromatic heterocycles. The highest BCUT2D eigenvalue weighted by molar-refractivity contribution is 7.92. The molecule has 8 heteroatoms. The molecule has 3 aliphatic rings. The molecule has 1 heterocycles. The third kappa shape index (κ3) is 2.75. The SMILES string of the molecule is O=S(=O)(c1ccc(Cl)cc1)[C@@]12CC[C@@](O)(C3CC3)C[C@@H]1COc1c(F)ccc(F)c12. The Balaban J connectivity index is 1.74. The van der Waals surface area contributed by atoms with Crippen LogP contribution in [-0.4, -0.2) is 25.7 Å². The van der Waals surface area contributed by atoms with Crippen LogP contribution < -0.4 is 4.74 Å². The highest BCUT2D eigenvalue weighted by Crippen LogP contribution is 2.61. The molecule has 2 aromatic rings. The Hall–Kier alpha value is -1.70. The number of hydrogen-bond donors (Lipinski definition) is 1. The van der Waals surface area contributed by atoms with Crippen molar-refractivity contribution < 1.29 is 27.0 Å². The zero-order chi connectivity index (χ0) is 21.3. The molecule has 2 fully saturated rings. The molecule has 2 saturated carbocycles. The van der Waals surface area contributed by atoms with Gasteiger partial charge in [0.15, 0.2) is 21.4 Å². The zero-order valence-electron chi connectivity index (χ0n) is 16.1. The van der Waals surface area contributed by atoms with Gasteiger partial charge < -0.3 is 9.84 Å². The van der Waals surface area contributed by atoms with Crippen LogP contribution in [-0.2, 0) is 14.6 Å². The second kappa shape index (κ2) is 6.65. The van der Waals surface area contributed by atoms with Crippen LogP contribution in [0.2, 0.25) is 5.02 Å². The molecule has 0 unspecified atom stereocenters. The average molecular weight is 455 g/mol. The van der Waals surface area contributed by atoms with Crippen LogP contribution in [0.5, 0.6) is 5.75 Å². The minimum atomic E-state index is -4.17. The summed E-state index contributed by atoms with van der Waals surface area (Å²) in [5.74, 6) is -2.54. The molecule has 0 amide bonds. The van der Waals surface area contributed by atoms with Crippen LogP contribution in [0.3, 0.4) is 0 Å². The summed E-state index contributed by atoms with van der Waals surface area (Å²) in [6, 6.07) is 7.59. The summed E-state index contributed by atoms with van der Waals surface area (Å²) in [7, 11) is -4.17. The summed E-state index contributed by atoms with van der Waals surface area (Å²) in [6.07, 6.45) is 2.14. The minimum absolute atomic E-state index is 0.00758. The van der Waals surface area contributed by atoms with Crippen LogP contribution in [0.15, 0.2) is 41.3 Å². The first-order valence-corrected chi connectivity index (χ1v) is 11.9. The highest BCUT2D eigenvalue weighted by Gasteiger charge is 2.63. The molecule has 1 aliphatic heterocycles. The summed E-state index contributed by atoms with van der Waals surface area (Å²) in [5, 5.41) is 11.5. The van der Waals surface area contributed by atoms with Gasteiger partial charge in [0, 0.05) is 10.9 Å². The maximum Gasteiger partial charge on any atom is 0.188 e. The van der Waals surface area contributed by atoms with E-state index in [9.17, 15) is 17.9 Å². The fraction of sp³-hybridized carbons (Fsp3) is 0.455. The van der Waals surface area contributed by atoms with Crippen molar-refractivity contribution in [1.29, 1.82) is 0 Å². The number of aliphatic hydroxyl groups is 1. The first-order chi connectivity index (χ1) is 14.2. The maximum absolute atomic E-state index is 15.1. The smallest absolute Gasteiger partial charge is 0.188 e. The van der Waals surface area contributed by atoms with E-state index in [1.165, 1.54) is 24.3 Å². The van der Waals surface area contributed by atoms with Gasteiger partial charge in [-0.25, -0.2) is 17.2 Å². The Morgan fingerprint density at radius 2 is 1.67 bits per heavy atom. The molecule has 0 saturated heterocycles. The summed E-state index contributed by atoms with van der Waals surface area (Å²) >= 11 is 5.93. The lowest BCUT2D eigenvalue weighted by Gasteiger charge is -2.51. The van der Waals surface area contributed by atoms with Gasteiger partial charge in [-0.2, -0.15) is 0 Å². The van der Waals surface area contributed by atoms with Gasteiger partial charge in [0.1, 0.15) is 10.6 Å². The van der Waals surface area contributed by atoms with E-state index in [2.05, 4.69) is 0 Å². The third-order valence-corrected chi connectivity index (χ3v) is 9.89. The molecule has 0 bridgehead atoms. The van der Waals surface area contributed by atoms with Crippen LogP contribution >= 0.6 is 11.6 Å². The van der Waals surface area contributed by atoms with E-state index >= 15 is 4.39 Å². The number of ether oxygens (including phenoxy) is 1. The first kappa shape index (κ1) is 20.2. The van der Waals surface area contributed by atoms with Gasteiger partial charge in [-0.3, -0.25) is 0 Å². The Kier molecular flexibility index (Phi) is 4.48. The normalized spacial score (nSPS) is 30.9. The maximum atomic E-state index is 15.1. The minimum Gasteiger partial charge on any atom is -0.490 e. The molecule has 30 heavy (non-hydrogen) atoms. The molecule has 0 radical (unpaired) electrons. The van der Waals surface area contributed by atoms with Gasteiger partial charge in [-0.1, -0.05) is 11.6 Å². The van der Waals surface area contributed by atoms with Gasteiger partial charge in [-0.15, -0.1) is 0 Å². The van der Waals surface area contributed by atoms with Gasteiger partial charge >= 0.3 is 0 Å². The molecule has 2 aromatic carbocycles. The van der Waals surface area contributed by atoms with Crippen molar-refractivity contribution in [3.63, 3.8) is 0 Å². The fourth-order valence-corrected chi connectivity index (χ4v) is 7.84. The predicted molar refractivity (Wildman–Crippen MR) is 107 cm³/mol. The molecule has 5 rings (SSSR count). The monoisotopic (exact) mass is 454 g/mol. The number of sulfone groups is 1. The van der Waals surface area contributed by atoms with Gasteiger partial charge in [0.2, 0.25) is 0 Å². The molecule has 3 atom stereocenters. The van der Waals surface area contributed by atoms with E-state index in [4.69, 9.17) is 16.3 Å². The standard InChI is InChI=1S/C22H21ClF2O4S/c23-15-3-5-16(6-4-15)30(27,28)22-10-9-21(26,13-1-2-13)11-14(22)12-29-20-18(25)8-7-17(24)19(20)22/h3-8,13-14,26H,1-2,9-12H2/t14-,21+,22+/m1/s1. The fourth-order valence-electron chi connectivity index (χ4n) is 5.38. The molecule has 0 spiro atoms. The topological polar surface area (TPSA) is 63.6 Å². The second-order valence-electron chi connectivity index (χ2n) is 8.67. The van der Waals surface area contributed by atoms with Crippen LogP contribution in [0.25, 0.3) is 0 Å². The molecule has 1 N–H and O–H groups in total. The van der Waals surface area contributed by atoms with Crippen molar-refractivity contribution in [2.75, 3.05) is 6.61 Å². The summed E-state index contributed by atoms with van der Waals surface area (Å²) in [5.41, 5.74) is -1.26. The van der Waals surface area contributed by atoms with Crippen molar-refractivity contribution in [1.82, 2.24) is 0 Å². The van der Waals surface area contributed by atoms with Crippen molar-refractivity contribution in [2.24, 2.45) is 11.8 Å². The Labute approximate surface area is 178 Å². The van der Waals surface area contributed by atoms with Gasteiger partial charge in [0.05, 0.1) is 22.7 Å². The summed E-state index contributed by atoms with van der Waals surface area (Å²) in [6.45, 7) is -0.102. The van der Waals surface area contributed by atoms with Crippen molar-refractivity contribution in [3.05, 3.63) is 58.6 Å². The van der Waals surface area contributed by atoms with E-state index in [0.29, 0.717) is 5.02 Å². The van der Waals surface area contributed by atoms with Gasteiger partial charge in [0.25, 0.3) is 0 Å². The quantitative estimate of drug-likeness (QED) is 0.735. The Bertz CT molecular complexity index is 1120. The Morgan fingerprint density at radius 3 is 2.33 bits per heavy atom. The van der Waals surface area contributed by atoms with E-state index in [0.717, 1.165) is 25.0 Å². The number of halogens is 3. The highest BCUT2D eigenvalue weighted by atomic mass is 35.5. The first-order valence-electron chi connectivity index (χ1n) is 10.0. The lowest BCUT2D eigenvalue weighted by Crippen LogP contribution is -2.56. The predicted octanol–water partition coefficient (Wildman–Crippen LogP) is 4.62. The van der Waals surface area contributed by atoms with E-state index in [-0.39, 0.29) is 48.0 Å². The average Bonchev–Trinajstić information content (AvgIpc) is 3.56. The molecule has 4 nitrogen and oxygen atoms in total. The summed E-state index contributed by atoms with van der Waals surface area (Å²) < 4.78 is 61.6. The van der Waals surface area contributed by atoms with Crippen LogP contribution in [0.4, 0.5) is 8.78 Å². The lowest BCUT2D eigenvalue weighted by molar-refractivity contribution is -0.0620. The van der Waals surface area contributed by atoms with E-state index < -0.39 is 37.7 Å². The van der Waals surface area contributed by atoms with Gasteiger partial charge in [-0.05, 0) is 74.4 Å². The number of rotatable bonds is 3. The Morgan fingerprint density at radius 1 is 1.00 bits per heavy atom. The van der Waals surface area contributed by atoms with Crippen molar-refractivity contribution in [2.45, 2.75) is 47.3 Å². The van der Waals surface area contributed by atoms with Crippen molar-refractivity contribution in [3.8, 4) is 5.75 Å². The summed E-state index contributed by atoms with van der Waals surface area (Å²) in [4.78, 5) is -0.00901. The number of benzene rings is 2. The van der Waals surface area contributed by atoms with Crippen LogP contribution in [0.1, 0.15) is 37.7 Å². The number of hydrogen-bond acceptors (Lipinski definition) is 4. The molecular formula is C22H21ClF2O4S. The number of fused-ring (bicyclic) bond motifs is 3. The lowest BCUT2D eigenvalue weighted by atomic mass is 9.66. The third-order valence-electron chi connectivity index (χ3n) is 7.04. The largest absolute Gasteiger partial charge is 0.490 e. The molecule has 2 aliphatic carbocycles. The van der Waals surface area contributed by atoms with Crippen molar-refractivity contribution >= 4 is 21.4 Å². The molecular weight excluding hydrogens is 434 g/mol. The van der Waals surface area contributed by atoms with Crippen LogP contribution in [0, 0.1) is 23.5 Å². The molecule has 160 valence electrons.